The number of nitrogens with zero attached hydrogens (tertiary/aromatic N) is 3. The summed E-state index contributed by atoms with van der Waals surface area (Å²) in [6, 6.07) is 21.6. The van der Waals surface area contributed by atoms with E-state index >= 15 is 0 Å². The predicted octanol–water partition coefficient (Wildman–Crippen LogP) is 8.01. The second kappa shape index (κ2) is 11.4. The molecule has 0 aliphatic rings. The number of hydrogen-bond acceptors (Lipinski definition) is 5. The fourth-order valence-corrected chi connectivity index (χ4v) is 5.48. The fraction of sp³-hybridized carbons (Fsp3) is 0.138. The summed E-state index contributed by atoms with van der Waals surface area (Å²) >= 11 is 10.8. The molecule has 0 aliphatic carbocycles. The van der Waals surface area contributed by atoms with Gasteiger partial charge in [-0.2, -0.15) is 9.78 Å². The van der Waals surface area contributed by atoms with E-state index in [1.807, 2.05) is 37.3 Å². The van der Waals surface area contributed by atoms with Crippen LogP contribution in [0.2, 0.25) is 0 Å². The molecule has 5 aromatic rings. The number of halogens is 3. The predicted molar refractivity (Wildman–Crippen MR) is 163 cm³/mol. The van der Waals surface area contributed by atoms with Crippen LogP contribution in [-0.2, 0) is 6.61 Å². The first kappa shape index (κ1) is 26.6. The van der Waals surface area contributed by atoms with Crippen molar-refractivity contribution in [2.24, 2.45) is 5.10 Å². The highest BCUT2D eigenvalue weighted by Crippen LogP contribution is 2.43. The van der Waals surface area contributed by atoms with Gasteiger partial charge in [0.1, 0.15) is 12.4 Å². The van der Waals surface area contributed by atoms with Gasteiger partial charge in [0.15, 0.2) is 11.5 Å². The van der Waals surface area contributed by atoms with Crippen molar-refractivity contribution < 1.29 is 9.47 Å². The fourth-order valence-electron chi connectivity index (χ4n) is 4.18. The standard InChI is InChI=1S/C29H22Br3N3O3/c1-3-37-25-13-20(15-33-35-17(2)34-24-12-11-21(30)14-23(24)29(35)36)26(31)27(32)28(25)38-16-19-9-6-8-18-7-4-5-10-22(18)19/h4-15H,3,16H2,1-2H3. The minimum absolute atomic E-state index is 0.250. The van der Waals surface area contributed by atoms with E-state index in [1.54, 1.807) is 25.3 Å². The van der Waals surface area contributed by atoms with E-state index in [4.69, 9.17) is 9.47 Å². The largest absolute Gasteiger partial charge is 0.490 e. The lowest BCUT2D eigenvalue weighted by Crippen LogP contribution is -2.20. The Morgan fingerprint density at radius 2 is 1.74 bits per heavy atom. The maximum atomic E-state index is 13.1. The molecule has 0 amide bonds. The SMILES string of the molecule is CCOc1cc(C=Nn2c(C)nc3ccc(Br)cc3c2=O)c(Br)c(Br)c1OCc1cccc2ccccc12. The summed E-state index contributed by atoms with van der Waals surface area (Å²) < 4.78 is 15.7. The first-order chi connectivity index (χ1) is 18.4. The summed E-state index contributed by atoms with van der Waals surface area (Å²) in [5.74, 6) is 1.62. The van der Waals surface area contributed by atoms with Gasteiger partial charge in [-0.3, -0.25) is 4.79 Å². The Balaban J connectivity index is 1.50. The summed E-state index contributed by atoms with van der Waals surface area (Å²) in [5, 5.41) is 7.25. The number of ether oxygens (including phenoxy) is 2. The molecule has 0 aliphatic heterocycles. The number of rotatable bonds is 7. The number of fused-ring (bicyclic) bond motifs is 2. The lowest BCUT2D eigenvalue weighted by Gasteiger charge is -2.17. The molecule has 1 aromatic heterocycles. The molecule has 6 nitrogen and oxygen atoms in total. The van der Waals surface area contributed by atoms with Gasteiger partial charge in [0.25, 0.3) is 5.56 Å². The Labute approximate surface area is 244 Å². The first-order valence-corrected chi connectivity index (χ1v) is 14.2. The van der Waals surface area contributed by atoms with Crippen LogP contribution in [0.15, 0.2) is 90.0 Å². The Morgan fingerprint density at radius 1 is 0.947 bits per heavy atom. The highest BCUT2D eigenvalue weighted by Gasteiger charge is 2.18. The second-order valence-corrected chi connectivity index (χ2v) is 11.0. The van der Waals surface area contributed by atoms with Gasteiger partial charge in [-0.05, 0) is 86.3 Å². The van der Waals surface area contributed by atoms with E-state index in [0.29, 0.717) is 51.5 Å². The van der Waals surface area contributed by atoms with E-state index in [1.165, 1.54) is 4.68 Å². The van der Waals surface area contributed by atoms with Crippen LogP contribution >= 0.6 is 47.8 Å². The summed E-state index contributed by atoms with van der Waals surface area (Å²) in [5.41, 5.74) is 2.15. The molecule has 4 aromatic carbocycles. The number of aromatic nitrogens is 2. The first-order valence-electron chi connectivity index (χ1n) is 11.8. The van der Waals surface area contributed by atoms with Crippen molar-refractivity contribution in [2.45, 2.75) is 20.5 Å². The van der Waals surface area contributed by atoms with Crippen molar-refractivity contribution in [2.75, 3.05) is 6.61 Å². The van der Waals surface area contributed by atoms with Crippen molar-refractivity contribution in [1.82, 2.24) is 9.66 Å². The summed E-state index contributed by atoms with van der Waals surface area (Å²) in [7, 11) is 0. The van der Waals surface area contributed by atoms with E-state index in [9.17, 15) is 4.79 Å². The molecular formula is C29H22Br3N3O3. The third-order valence-corrected chi connectivity index (χ3v) is 8.63. The Kier molecular flexibility index (Phi) is 7.97. The highest BCUT2D eigenvalue weighted by atomic mass is 79.9. The van der Waals surface area contributed by atoms with Gasteiger partial charge in [0, 0.05) is 14.5 Å². The van der Waals surface area contributed by atoms with Crippen LogP contribution in [0, 0.1) is 6.92 Å². The van der Waals surface area contributed by atoms with Gasteiger partial charge in [-0.15, -0.1) is 0 Å². The second-order valence-electron chi connectivity index (χ2n) is 8.46. The van der Waals surface area contributed by atoms with Crippen LogP contribution in [0.5, 0.6) is 11.5 Å². The smallest absolute Gasteiger partial charge is 0.282 e. The van der Waals surface area contributed by atoms with Gasteiger partial charge in [0.2, 0.25) is 0 Å². The van der Waals surface area contributed by atoms with E-state index in [2.05, 4.69) is 82.1 Å². The van der Waals surface area contributed by atoms with Crippen molar-refractivity contribution in [1.29, 1.82) is 0 Å². The van der Waals surface area contributed by atoms with Crippen LogP contribution in [0.25, 0.3) is 21.7 Å². The molecule has 192 valence electrons. The van der Waals surface area contributed by atoms with Crippen molar-refractivity contribution in [3.05, 3.63) is 107 Å². The molecule has 0 spiro atoms. The van der Waals surface area contributed by atoms with Crippen LogP contribution in [0.1, 0.15) is 23.9 Å². The van der Waals surface area contributed by atoms with Gasteiger partial charge < -0.3 is 9.47 Å². The number of benzene rings is 4. The van der Waals surface area contributed by atoms with Crippen molar-refractivity contribution >= 4 is 75.7 Å². The third-order valence-electron chi connectivity index (χ3n) is 5.99. The molecule has 0 N–H and O–H groups in total. The molecular weight excluding hydrogens is 678 g/mol. The summed E-state index contributed by atoms with van der Waals surface area (Å²) in [6.07, 6.45) is 1.60. The molecule has 0 bridgehead atoms. The quantitative estimate of drug-likeness (QED) is 0.162. The van der Waals surface area contributed by atoms with Gasteiger partial charge >= 0.3 is 0 Å². The molecule has 5 rings (SSSR count). The lowest BCUT2D eigenvalue weighted by molar-refractivity contribution is 0.268. The lowest BCUT2D eigenvalue weighted by atomic mass is 10.1. The van der Waals surface area contributed by atoms with Crippen LogP contribution in [0.3, 0.4) is 0 Å². The number of hydrogen-bond donors (Lipinski definition) is 0. The molecule has 1 heterocycles. The molecule has 0 saturated carbocycles. The highest BCUT2D eigenvalue weighted by molar-refractivity contribution is 9.13. The molecule has 0 unspecified atom stereocenters. The summed E-state index contributed by atoms with van der Waals surface area (Å²) in [6.45, 7) is 4.49. The molecule has 0 atom stereocenters. The third kappa shape index (κ3) is 5.28. The molecule has 0 fully saturated rings. The summed E-state index contributed by atoms with van der Waals surface area (Å²) in [4.78, 5) is 17.7. The van der Waals surface area contributed by atoms with Gasteiger partial charge in [-0.25, -0.2) is 4.98 Å². The average molecular weight is 700 g/mol. The van der Waals surface area contributed by atoms with Gasteiger partial charge in [0.05, 0.1) is 28.2 Å². The van der Waals surface area contributed by atoms with Crippen molar-refractivity contribution in [3.63, 3.8) is 0 Å². The minimum atomic E-state index is -0.250. The number of aryl methyl sites for hydroxylation is 1. The monoisotopic (exact) mass is 697 g/mol. The van der Waals surface area contributed by atoms with E-state index in [0.717, 1.165) is 25.3 Å². The zero-order valence-corrected chi connectivity index (χ0v) is 25.3. The maximum absolute atomic E-state index is 13.1. The zero-order valence-electron chi connectivity index (χ0n) is 20.5. The zero-order chi connectivity index (χ0) is 26.8. The minimum Gasteiger partial charge on any atom is -0.490 e. The Morgan fingerprint density at radius 3 is 2.55 bits per heavy atom. The topological polar surface area (TPSA) is 65.7 Å². The van der Waals surface area contributed by atoms with Gasteiger partial charge in [-0.1, -0.05) is 58.4 Å². The van der Waals surface area contributed by atoms with Crippen LogP contribution in [0.4, 0.5) is 0 Å². The average Bonchev–Trinajstić information content (AvgIpc) is 2.91. The normalized spacial score (nSPS) is 11.5. The van der Waals surface area contributed by atoms with E-state index in [-0.39, 0.29) is 5.56 Å². The van der Waals surface area contributed by atoms with Crippen LogP contribution in [-0.4, -0.2) is 22.5 Å². The molecule has 38 heavy (non-hydrogen) atoms. The van der Waals surface area contributed by atoms with E-state index < -0.39 is 0 Å². The molecule has 9 heteroatoms. The molecule has 0 saturated heterocycles. The van der Waals surface area contributed by atoms with Crippen molar-refractivity contribution in [3.8, 4) is 11.5 Å². The Bertz CT molecular complexity index is 1760. The Hall–Kier alpha value is -3.01. The molecule has 0 radical (unpaired) electrons. The van der Waals surface area contributed by atoms with Crippen LogP contribution < -0.4 is 15.0 Å². The maximum Gasteiger partial charge on any atom is 0.282 e.